The number of rotatable bonds is 14. The van der Waals surface area contributed by atoms with Crippen LogP contribution in [0.25, 0.3) is 0 Å². The molecule has 0 aliphatic heterocycles. The third-order valence-corrected chi connectivity index (χ3v) is 5.14. The Bertz CT molecular complexity index is 874. The number of nitrogens with zero attached hydrogens (tertiary/aromatic N) is 1. The second-order valence-electron chi connectivity index (χ2n) is 8.63. The van der Waals surface area contributed by atoms with E-state index in [1.165, 1.54) is 29.2 Å². The lowest BCUT2D eigenvalue weighted by molar-refractivity contribution is -0.154. The van der Waals surface area contributed by atoms with Crippen molar-refractivity contribution < 1.29 is 38.9 Å². The van der Waals surface area contributed by atoms with E-state index in [9.17, 15) is 19.2 Å². The van der Waals surface area contributed by atoms with Gasteiger partial charge in [-0.05, 0) is 58.4 Å². The molecule has 9 nitrogen and oxygen atoms in total. The molecule has 0 aliphatic rings. The Balaban J connectivity index is 2.90. The molecule has 0 aliphatic carbocycles. The van der Waals surface area contributed by atoms with Crippen LogP contribution < -0.4 is 4.90 Å². The second-order valence-corrected chi connectivity index (χ2v) is 8.63. The number of Topliss-reactive ketones (excluding diaryl/α,β-unsaturated/α-hetero) is 1. The van der Waals surface area contributed by atoms with Crippen LogP contribution in [0.4, 0.5) is 5.69 Å². The molecule has 0 aromatic heterocycles. The summed E-state index contributed by atoms with van der Waals surface area (Å²) >= 11 is 0. The molecule has 0 spiro atoms. The summed E-state index contributed by atoms with van der Waals surface area (Å²) in [6.45, 7) is 11.3. The summed E-state index contributed by atoms with van der Waals surface area (Å²) in [5, 5.41) is 18.0. The van der Waals surface area contributed by atoms with Crippen molar-refractivity contribution in [3.05, 3.63) is 42.0 Å². The minimum absolute atomic E-state index is 0.176. The molecule has 1 unspecified atom stereocenters. The van der Waals surface area contributed by atoms with Crippen molar-refractivity contribution in [2.45, 2.75) is 58.7 Å². The fourth-order valence-corrected chi connectivity index (χ4v) is 2.93. The van der Waals surface area contributed by atoms with Crippen LogP contribution in [0, 0.1) is 0 Å². The predicted molar refractivity (Wildman–Crippen MR) is 123 cm³/mol. The van der Waals surface area contributed by atoms with E-state index in [2.05, 4.69) is 6.58 Å². The van der Waals surface area contributed by atoms with Gasteiger partial charge in [-0.1, -0.05) is 13.5 Å². The van der Waals surface area contributed by atoms with Crippen molar-refractivity contribution in [3.8, 4) is 0 Å². The van der Waals surface area contributed by atoms with Crippen molar-refractivity contribution in [1.82, 2.24) is 0 Å². The highest BCUT2D eigenvalue weighted by Gasteiger charge is 2.34. The lowest BCUT2D eigenvalue weighted by atomic mass is 9.91. The van der Waals surface area contributed by atoms with Gasteiger partial charge in [0.15, 0.2) is 5.78 Å². The molecule has 0 saturated carbocycles. The molecule has 2 N–H and O–H groups in total. The lowest BCUT2D eigenvalue weighted by Crippen LogP contribution is -2.40. The number of hydrogen-bond acceptors (Lipinski definition) is 7. The van der Waals surface area contributed by atoms with Gasteiger partial charge in [-0.2, -0.15) is 0 Å². The molecule has 0 radical (unpaired) electrons. The number of carboxylic acid groups (broad SMARTS) is 2. The Kier molecular flexibility index (Phi) is 9.79. The number of ketones is 1. The SMILES string of the molecule is C=C(C)C(=O)OC(C)(C)CCOC(C)(CC)C(=O)c1ccc(N(CC(=O)O)CC(=O)O)cc1. The van der Waals surface area contributed by atoms with Crippen LogP contribution in [-0.4, -0.2) is 64.8 Å². The number of aliphatic carboxylic acids is 2. The topological polar surface area (TPSA) is 130 Å². The molecule has 33 heavy (non-hydrogen) atoms. The van der Waals surface area contributed by atoms with Gasteiger partial charge in [0, 0.05) is 23.2 Å². The summed E-state index contributed by atoms with van der Waals surface area (Å²) in [5.41, 5.74) is -0.908. The van der Waals surface area contributed by atoms with Crippen molar-refractivity contribution in [2.24, 2.45) is 0 Å². The van der Waals surface area contributed by atoms with Gasteiger partial charge in [0.25, 0.3) is 0 Å². The van der Waals surface area contributed by atoms with E-state index < -0.39 is 42.2 Å². The molecule has 1 atom stereocenters. The minimum Gasteiger partial charge on any atom is -0.480 e. The highest BCUT2D eigenvalue weighted by atomic mass is 16.6. The first-order valence-electron chi connectivity index (χ1n) is 10.6. The number of hydrogen-bond donors (Lipinski definition) is 2. The molecule has 9 heteroatoms. The fourth-order valence-electron chi connectivity index (χ4n) is 2.93. The van der Waals surface area contributed by atoms with Crippen LogP contribution in [0.1, 0.15) is 57.8 Å². The Hall–Kier alpha value is -3.20. The third-order valence-electron chi connectivity index (χ3n) is 5.14. The van der Waals surface area contributed by atoms with Crippen LogP contribution in [-0.2, 0) is 23.9 Å². The largest absolute Gasteiger partial charge is 0.480 e. The Labute approximate surface area is 194 Å². The molecule has 0 saturated heterocycles. The number of ether oxygens (including phenoxy) is 2. The maximum atomic E-state index is 13.1. The predicted octanol–water partition coefficient (Wildman–Crippen LogP) is 3.32. The molecule has 1 rings (SSSR count). The summed E-state index contributed by atoms with van der Waals surface area (Å²) < 4.78 is 11.3. The van der Waals surface area contributed by atoms with Crippen LogP contribution in [0.2, 0.25) is 0 Å². The third kappa shape index (κ3) is 8.69. The number of anilines is 1. The van der Waals surface area contributed by atoms with Crippen molar-refractivity contribution in [1.29, 1.82) is 0 Å². The van der Waals surface area contributed by atoms with Gasteiger partial charge in [-0.25, -0.2) is 4.79 Å². The molecule has 0 amide bonds. The number of benzene rings is 1. The first-order valence-corrected chi connectivity index (χ1v) is 10.6. The van der Waals surface area contributed by atoms with Gasteiger partial charge >= 0.3 is 17.9 Å². The molecule has 0 fully saturated rings. The van der Waals surface area contributed by atoms with Crippen LogP contribution >= 0.6 is 0 Å². The average Bonchev–Trinajstić information content (AvgIpc) is 2.71. The van der Waals surface area contributed by atoms with E-state index in [1.807, 2.05) is 6.92 Å². The molecule has 0 heterocycles. The zero-order valence-electron chi connectivity index (χ0n) is 19.8. The van der Waals surface area contributed by atoms with Gasteiger partial charge in [-0.15, -0.1) is 0 Å². The van der Waals surface area contributed by atoms with Gasteiger partial charge in [0.05, 0.1) is 6.61 Å². The minimum atomic E-state index is -1.17. The highest BCUT2D eigenvalue weighted by Crippen LogP contribution is 2.26. The van der Waals surface area contributed by atoms with Crippen LogP contribution in [0.3, 0.4) is 0 Å². The van der Waals surface area contributed by atoms with E-state index in [1.54, 1.807) is 27.7 Å². The average molecular weight is 464 g/mol. The maximum absolute atomic E-state index is 13.1. The van der Waals surface area contributed by atoms with E-state index in [0.29, 0.717) is 29.7 Å². The van der Waals surface area contributed by atoms with Gasteiger partial charge in [0.1, 0.15) is 24.3 Å². The second kappa shape index (κ2) is 11.6. The number of carboxylic acids is 2. The number of carbonyl (C=O) groups is 4. The smallest absolute Gasteiger partial charge is 0.333 e. The lowest BCUT2D eigenvalue weighted by Gasteiger charge is -2.30. The standard InChI is InChI=1S/C24H33NO8/c1-7-24(6,32-13-12-23(4,5)33-22(31)16(2)3)21(30)17-8-10-18(11-9-17)25(14-19(26)27)15-20(28)29/h8-11H,2,7,12-15H2,1,3-6H3,(H,26,27)(H,28,29). The van der Waals surface area contributed by atoms with Crippen LogP contribution in [0.5, 0.6) is 0 Å². The van der Waals surface area contributed by atoms with E-state index in [0.717, 1.165) is 0 Å². The van der Waals surface area contributed by atoms with Crippen molar-refractivity contribution >= 4 is 29.4 Å². The number of esters is 1. The molecule has 182 valence electrons. The van der Waals surface area contributed by atoms with Crippen molar-refractivity contribution in [3.63, 3.8) is 0 Å². The molecule has 1 aromatic rings. The summed E-state index contributed by atoms with van der Waals surface area (Å²) in [6.07, 6.45) is 0.761. The van der Waals surface area contributed by atoms with Gasteiger partial charge in [0.2, 0.25) is 0 Å². The van der Waals surface area contributed by atoms with Crippen molar-refractivity contribution in [2.75, 3.05) is 24.6 Å². The van der Waals surface area contributed by atoms with Gasteiger partial charge in [-0.3, -0.25) is 14.4 Å². The zero-order valence-corrected chi connectivity index (χ0v) is 19.8. The quantitative estimate of drug-likeness (QED) is 0.242. The first kappa shape index (κ1) is 27.8. The summed E-state index contributed by atoms with van der Waals surface area (Å²) in [5.74, 6) is -3.09. The molecule has 1 aromatic carbocycles. The number of carbonyl (C=O) groups excluding carboxylic acids is 2. The molecule has 0 bridgehead atoms. The normalized spacial score (nSPS) is 13.0. The Morgan fingerprint density at radius 2 is 1.52 bits per heavy atom. The summed E-state index contributed by atoms with van der Waals surface area (Å²) in [6, 6.07) is 6.05. The monoisotopic (exact) mass is 463 g/mol. The highest BCUT2D eigenvalue weighted by molar-refractivity contribution is 6.02. The van der Waals surface area contributed by atoms with E-state index in [4.69, 9.17) is 19.7 Å². The maximum Gasteiger partial charge on any atom is 0.333 e. The van der Waals surface area contributed by atoms with Gasteiger partial charge < -0.3 is 24.6 Å². The first-order chi connectivity index (χ1) is 15.2. The van der Waals surface area contributed by atoms with Crippen LogP contribution in [0.15, 0.2) is 36.4 Å². The molecular formula is C24H33NO8. The van der Waals surface area contributed by atoms with E-state index >= 15 is 0 Å². The zero-order chi connectivity index (χ0) is 25.4. The Morgan fingerprint density at radius 3 is 1.94 bits per heavy atom. The summed E-state index contributed by atoms with van der Waals surface area (Å²) in [4.78, 5) is 48.2. The summed E-state index contributed by atoms with van der Waals surface area (Å²) in [7, 11) is 0. The fraction of sp³-hybridized carbons (Fsp3) is 0.500. The van der Waals surface area contributed by atoms with E-state index in [-0.39, 0.29) is 12.4 Å². The Morgan fingerprint density at radius 1 is 1.00 bits per heavy atom. The molecular weight excluding hydrogens is 430 g/mol.